The Labute approximate surface area is 84.9 Å². The molecule has 1 aromatic rings. The van der Waals surface area contributed by atoms with Gasteiger partial charge in [0, 0.05) is 0 Å². The Morgan fingerprint density at radius 3 is 3.14 bits per heavy atom. The maximum Gasteiger partial charge on any atom is 0.121 e. The predicted octanol–water partition coefficient (Wildman–Crippen LogP) is 1.62. The predicted molar refractivity (Wildman–Crippen MR) is 55.9 cm³/mol. The fourth-order valence-corrected chi connectivity index (χ4v) is 2.42. The third-order valence-corrected chi connectivity index (χ3v) is 3.14. The Kier molecular flexibility index (Phi) is 2.89. The number of hydrogen-bond acceptors (Lipinski definition) is 3. The molecule has 0 radical (unpaired) electrons. The van der Waals surface area contributed by atoms with Gasteiger partial charge in [-0.15, -0.1) is 0 Å². The number of rotatable bonds is 2. The largest absolute Gasteiger partial charge is 0.468 e. The summed E-state index contributed by atoms with van der Waals surface area (Å²) < 4.78 is 5.48. The molecule has 2 unspecified atom stereocenters. The summed E-state index contributed by atoms with van der Waals surface area (Å²) in [6.07, 6.45) is 4.20. The van der Waals surface area contributed by atoms with E-state index in [1.807, 2.05) is 6.07 Å². The van der Waals surface area contributed by atoms with Crippen LogP contribution in [0.2, 0.25) is 0 Å². The van der Waals surface area contributed by atoms with E-state index in [9.17, 15) is 0 Å². The molecule has 0 saturated carbocycles. The normalized spacial score (nSPS) is 29.3. The van der Waals surface area contributed by atoms with Crippen LogP contribution in [0.15, 0.2) is 22.8 Å². The van der Waals surface area contributed by atoms with Crippen molar-refractivity contribution in [1.82, 2.24) is 4.90 Å². The first-order chi connectivity index (χ1) is 6.83. The number of furan rings is 1. The van der Waals surface area contributed by atoms with Crippen LogP contribution in [0, 0.1) is 5.92 Å². The van der Waals surface area contributed by atoms with Crippen molar-refractivity contribution < 1.29 is 4.42 Å². The van der Waals surface area contributed by atoms with Crippen molar-refractivity contribution in [3.8, 4) is 0 Å². The molecule has 1 fully saturated rings. The lowest BCUT2D eigenvalue weighted by molar-refractivity contribution is 0.106. The lowest BCUT2D eigenvalue weighted by atomic mass is 9.88. The van der Waals surface area contributed by atoms with Gasteiger partial charge in [0.1, 0.15) is 5.76 Å². The molecule has 0 aromatic carbocycles. The topological polar surface area (TPSA) is 42.4 Å². The second-order valence-corrected chi connectivity index (χ2v) is 4.08. The van der Waals surface area contributed by atoms with Crippen LogP contribution < -0.4 is 5.73 Å². The Bertz CT molecular complexity index is 271. The highest BCUT2D eigenvalue weighted by Crippen LogP contribution is 2.34. The number of nitrogens with two attached hydrogens (primary N) is 1. The SMILES string of the molecule is CN1CCCC(CN)C1c1ccco1. The van der Waals surface area contributed by atoms with E-state index in [-0.39, 0.29) is 0 Å². The van der Waals surface area contributed by atoms with Gasteiger partial charge < -0.3 is 10.2 Å². The Balaban J connectivity index is 2.19. The summed E-state index contributed by atoms with van der Waals surface area (Å²) in [5.74, 6) is 1.60. The molecule has 14 heavy (non-hydrogen) atoms. The number of piperidine rings is 1. The van der Waals surface area contributed by atoms with Gasteiger partial charge in [0.05, 0.1) is 12.3 Å². The molecule has 2 N–H and O–H groups in total. The van der Waals surface area contributed by atoms with Crippen molar-refractivity contribution in [2.75, 3.05) is 20.1 Å². The van der Waals surface area contributed by atoms with Crippen molar-refractivity contribution in [1.29, 1.82) is 0 Å². The molecular weight excluding hydrogens is 176 g/mol. The highest BCUT2D eigenvalue weighted by atomic mass is 16.3. The van der Waals surface area contributed by atoms with Gasteiger partial charge in [0.15, 0.2) is 0 Å². The van der Waals surface area contributed by atoms with Crippen LogP contribution in [0.25, 0.3) is 0 Å². The fourth-order valence-electron chi connectivity index (χ4n) is 2.42. The Morgan fingerprint density at radius 2 is 2.50 bits per heavy atom. The highest BCUT2D eigenvalue weighted by Gasteiger charge is 2.31. The van der Waals surface area contributed by atoms with E-state index in [2.05, 4.69) is 18.0 Å². The molecule has 3 nitrogen and oxygen atoms in total. The Hall–Kier alpha value is -0.800. The molecule has 2 heterocycles. The van der Waals surface area contributed by atoms with E-state index in [0.717, 1.165) is 18.8 Å². The van der Waals surface area contributed by atoms with Gasteiger partial charge >= 0.3 is 0 Å². The molecular formula is C11H18N2O. The fraction of sp³-hybridized carbons (Fsp3) is 0.636. The summed E-state index contributed by atoms with van der Waals surface area (Å²) in [7, 11) is 2.15. The first-order valence-electron chi connectivity index (χ1n) is 5.26. The maximum absolute atomic E-state index is 5.79. The summed E-state index contributed by atoms with van der Waals surface area (Å²) in [6.45, 7) is 1.89. The summed E-state index contributed by atoms with van der Waals surface area (Å²) in [6, 6.07) is 4.38. The van der Waals surface area contributed by atoms with E-state index in [0.29, 0.717) is 12.0 Å². The molecule has 1 saturated heterocycles. The molecule has 1 aliphatic heterocycles. The molecule has 2 rings (SSSR count). The molecule has 2 atom stereocenters. The van der Waals surface area contributed by atoms with Crippen LogP contribution in [0.3, 0.4) is 0 Å². The zero-order valence-electron chi connectivity index (χ0n) is 8.65. The molecule has 78 valence electrons. The highest BCUT2D eigenvalue weighted by molar-refractivity contribution is 5.07. The van der Waals surface area contributed by atoms with Crippen molar-refractivity contribution in [3.05, 3.63) is 24.2 Å². The van der Waals surface area contributed by atoms with Crippen LogP contribution in [-0.2, 0) is 0 Å². The van der Waals surface area contributed by atoms with Gasteiger partial charge in [-0.2, -0.15) is 0 Å². The molecule has 0 aliphatic carbocycles. The summed E-state index contributed by atoms with van der Waals surface area (Å²) in [5.41, 5.74) is 5.79. The monoisotopic (exact) mass is 194 g/mol. The van der Waals surface area contributed by atoms with Crippen molar-refractivity contribution >= 4 is 0 Å². The van der Waals surface area contributed by atoms with E-state index in [4.69, 9.17) is 10.2 Å². The molecule has 1 aromatic heterocycles. The lowest BCUT2D eigenvalue weighted by Crippen LogP contribution is -2.39. The molecule has 0 amide bonds. The van der Waals surface area contributed by atoms with Gasteiger partial charge in [0.25, 0.3) is 0 Å². The Morgan fingerprint density at radius 1 is 1.64 bits per heavy atom. The van der Waals surface area contributed by atoms with Crippen LogP contribution in [-0.4, -0.2) is 25.0 Å². The standard InChI is InChI=1S/C11H18N2O/c1-13-6-2-4-9(8-12)11(13)10-5-3-7-14-10/h3,5,7,9,11H,2,4,6,8,12H2,1H3. The van der Waals surface area contributed by atoms with Crippen LogP contribution >= 0.6 is 0 Å². The summed E-state index contributed by atoms with van der Waals surface area (Å²) in [4.78, 5) is 2.35. The zero-order chi connectivity index (χ0) is 9.97. The first kappa shape index (κ1) is 9.74. The van der Waals surface area contributed by atoms with Crippen LogP contribution in [0.1, 0.15) is 24.6 Å². The maximum atomic E-state index is 5.79. The van der Waals surface area contributed by atoms with Gasteiger partial charge in [-0.3, -0.25) is 4.90 Å². The smallest absolute Gasteiger partial charge is 0.121 e. The average molecular weight is 194 g/mol. The minimum absolute atomic E-state index is 0.378. The minimum Gasteiger partial charge on any atom is -0.468 e. The zero-order valence-corrected chi connectivity index (χ0v) is 8.65. The summed E-state index contributed by atoms with van der Waals surface area (Å²) >= 11 is 0. The quantitative estimate of drug-likeness (QED) is 0.778. The lowest BCUT2D eigenvalue weighted by Gasteiger charge is -2.37. The van der Waals surface area contributed by atoms with Gasteiger partial charge in [-0.1, -0.05) is 0 Å². The second-order valence-electron chi connectivity index (χ2n) is 4.08. The van der Waals surface area contributed by atoms with Crippen molar-refractivity contribution in [2.45, 2.75) is 18.9 Å². The molecule has 0 spiro atoms. The minimum atomic E-state index is 0.378. The van der Waals surface area contributed by atoms with Crippen LogP contribution in [0.4, 0.5) is 0 Å². The van der Waals surface area contributed by atoms with E-state index >= 15 is 0 Å². The third kappa shape index (κ3) is 1.70. The van der Waals surface area contributed by atoms with E-state index in [1.165, 1.54) is 12.8 Å². The number of likely N-dealkylation sites (tertiary alicyclic amines) is 1. The van der Waals surface area contributed by atoms with Gasteiger partial charge in [-0.25, -0.2) is 0 Å². The van der Waals surface area contributed by atoms with E-state index < -0.39 is 0 Å². The van der Waals surface area contributed by atoms with Gasteiger partial charge in [0.2, 0.25) is 0 Å². The third-order valence-electron chi connectivity index (χ3n) is 3.14. The van der Waals surface area contributed by atoms with E-state index in [1.54, 1.807) is 6.26 Å². The molecule has 0 bridgehead atoms. The number of hydrogen-bond donors (Lipinski definition) is 1. The summed E-state index contributed by atoms with van der Waals surface area (Å²) in [5, 5.41) is 0. The first-order valence-corrected chi connectivity index (χ1v) is 5.26. The van der Waals surface area contributed by atoms with Crippen LogP contribution in [0.5, 0.6) is 0 Å². The number of nitrogens with zero attached hydrogens (tertiary/aromatic N) is 1. The second kappa shape index (κ2) is 4.15. The van der Waals surface area contributed by atoms with Crippen molar-refractivity contribution in [2.24, 2.45) is 11.7 Å². The average Bonchev–Trinajstić information content (AvgIpc) is 2.70. The van der Waals surface area contributed by atoms with Crippen molar-refractivity contribution in [3.63, 3.8) is 0 Å². The van der Waals surface area contributed by atoms with Gasteiger partial charge in [-0.05, 0) is 51.0 Å². The molecule has 1 aliphatic rings. The molecule has 3 heteroatoms.